The van der Waals surface area contributed by atoms with E-state index < -0.39 is 88.7 Å². The summed E-state index contributed by atoms with van der Waals surface area (Å²) in [6.07, 6.45) is 0.0557. The van der Waals surface area contributed by atoms with Gasteiger partial charge in [-0.15, -0.1) is 0 Å². The van der Waals surface area contributed by atoms with Crippen molar-refractivity contribution in [1.29, 1.82) is 0 Å². The van der Waals surface area contributed by atoms with Crippen LogP contribution in [0.3, 0.4) is 0 Å². The zero-order valence-electron chi connectivity index (χ0n) is 30.4. The van der Waals surface area contributed by atoms with Crippen molar-refractivity contribution in [2.24, 2.45) is 23.7 Å². The van der Waals surface area contributed by atoms with E-state index in [4.69, 9.17) is 0 Å². The van der Waals surface area contributed by atoms with Gasteiger partial charge in [0.05, 0.1) is 29.3 Å². The number of phenolic OH excluding ortho intramolecular Hbond substituents is 1. The zero-order chi connectivity index (χ0) is 40.1. The number of carbonyl (C=O) groups is 5. The molecule has 0 radical (unpaired) electrons. The summed E-state index contributed by atoms with van der Waals surface area (Å²) in [5.74, 6) is -9.87. The van der Waals surface area contributed by atoms with Gasteiger partial charge in [-0.25, -0.2) is 8.42 Å². The minimum Gasteiger partial charge on any atom is -0.744 e. The summed E-state index contributed by atoms with van der Waals surface area (Å²) in [6.45, 7) is 6.42. The van der Waals surface area contributed by atoms with Gasteiger partial charge in [0.2, 0.25) is 0 Å². The highest BCUT2D eigenvalue weighted by atomic mass is 32.2. The molecule has 290 valence electrons. The molecule has 0 heterocycles. The number of phenols is 1. The molecular weight excluding hydrogens is 712 g/mol. The van der Waals surface area contributed by atoms with Crippen molar-refractivity contribution < 1.29 is 62.5 Å². The maximum Gasteiger partial charge on any atom is 0.317 e. The number of benzene rings is 2. The third-order valence-electron chi connectivity index (χ3n) is 9.74. The van der Waals surface area contributed by atoms with Crippen LogP contribution in [0, 0.1) is 30.6 Å². The van der Waals surface area contributed by atoms with E-state index in [1.165, 1.54) is 18.2 Å². The number of rotatable bonds is 17. The van der Waals surface area contributed by atoms with Crippen molar-refractivity contribution in [3.63, 3.8) is 0 Å². The first-order valence-electron chi connectivity index (χ1n) is 17.0. The van der Waals surface area contributed by atoms with Crippen LogP contribution in [0.2, 0.25) is 0 Å². The highest BCUT2D eigenvalue weighted by molar-refractivity contribution is 7.85. The number of allylic oxidation sites excluding steroid dienone is 1. The van der Waals surface area contributed by atoms with Crippen molar-refractivity contribution in [2.45, 2.75) is 65.3 Å². The molecule has 0 saturated heterocycles. The van der Waals surface area contributed by atoms with Gasteiger partial charge in [0.15, 0.2) is 0 Å². The van der Waals surface area contributed by atoms with E-state index in [1.807, 2.05) is 0 Å². The summed E-state index contributed by atoms with van der Waals surface area (Å²) in [5.41, 5.74) is 1.71. The Morgan fingerprint density at radius 3 is 1.94 bits per heavy atom. The molecule has 3 unspecified atom stereocenters. The average molecular weight is 757 g/mol. The number of aliphatic carboxylic acids is 4. The predicted molar refractivity (Wildman–Crippen MR) is 182 cm³/mol. The first-order valence-corrected chi connectivity index (χ1v) is 18.4. The minimum absolute atomic E-state index is 0.0344. The standard InChI is InChI=1S/C37H48N2O13S/c1-19(2)24-11-26(21(5)28(36(24)48)13-38(15-31(40)41)16-32(42)43)35(23-9-7-8-10-30(23)53(50,51)52)27-12-25(20(3)4)37(49)29(22(27)6)14-39(17-33(44)45)18-34(46)47/h7-11,19-20,22,25,29,48H,12-18H2,1-6H3,(H,40,41)(H,42,43)(H,44,45)(H,46,47)(H,50,51,52)/p-4. The number of ketones is 1. The Kier molecular flexibility index (Phi) is 14.1. The Bertz CT molecular complexity index is 1870. The summed E-state index contributed by atoms with van der Waals surface area (Å²) in [4.78, 5) is 62.0. The molecule has 16 heteroatoms. The molecule has 1 saturated carbocycles. The van der Waals surface area contributed by atoms with Gasteiger partial charge >= 0.3 is 5.97 Å². The zero-order valence-corrected chi connectivity index (χ0v) is 31.2. The lowest BCUT2D eigenvalue weighted by Gasteiger charge is -2.41. The number of aromatic hydroxyl groups is 1. The summed E-state index contributed by atoms with van der Waals surface area (Å²) in [7, 11) is -5.15. The molecule has 3 rings (SSSR count). The molecule has 0 amide bonds. The Morgan fingerprint density at radius 2 is 1.45 bits per heavy atom. The molecule has 2 aromatic carbocycles. The minimum atomic E-state index is -5.15. The number of hydrogen-bond acceptors (Lipinski definition) is 14. The largest absolute Gasteiger partial charge is 0.744 e. The van der Waals surface area contributed by atoms with Crippen molar-refractivity contribution >= 4 is 45.4 Å². The van der Waals surface area contributed by atoms with Crippen molar-refractivity contribution in [3.8, 4) is 5.75 Å². The van der Waals surface area contributed by atoms with Crippen LogP contribution in [0.4, 0.5) is 0 Å². The van der Waals surface area contributed by atoms with E-state index in [0.29, 0.717) is 22.3 Å². The lowest BCUT2D eigenvalue weighted by Crippen LogP contribution is -2.50. The molecular formula is C37H44N2O13S-4. The first-order chi connectivity index (χ1) is 24.5. The lowest BCUT2D eigenvalue weighted by molar-refractivity contribution is -0.311. The van der Waals surface area contributed by atoms with Gasteiger partial charge in [-0.1, -0.05) is 58.4 Å². The van der Waals surface area contributed by atoms with E-state index in [-0.39, 0.29) is 53.7 Å². The number of nitrogens with zero attached hydrogens (tertiary/aromatic N) is 2. The van der Waals surface area contributed by atoms with E-state index >= 15 is 0 Å². The Hall–Kier alpha value is -4.64. The number of hydrogen-bond donors (Lipinski definition) is 2. The van der Waals surface area contributed by atoms with Crippen molar-refractivity contribution in [1.82, 2.24) is 9.80 Å². The molecule has 1 aliphatic rings. The molecule has 2 N–H and O–H groups in total. The highest BCUT2D eigenvalue weighted by Crippen LogP contribution is 2.47. The second-order valence-electron chi connectivity index (χ2n) is 14.1. The van der Waals surface area contributed by atoms with Crippen LogP contribution in [-0.2, 0) is 40.6 Å². The highest BCUT2D eigenvalue weighted by Gasteiger charge is 2.42. The number of carboxylic acid groups (broad SMARTS) is 4. The molecule has 0 aliphatic heterocycles. The maximum absolute atomic E-state index is 14.1. The van der Waals surface area contributed by atoms with E-state index in [0.717, 1.165) is 15.9 Å². The summed E-state index contributed by atoms with van der Waals surface area (Å²) in [5, 5.41) is 55.8. The van der Waals surface area contributed by atoms with Gasteiger partial charge < -0.3 is 44.5 Å². The smallest absolute Gasteiger partial charge is 0.317 e. The van der Waals surface area contributed by atoms with Crippen LogP contribution in [0.15, 0.2) is 40.8 Å². The summed E-state index contributed by atoms with van der Waals surface area (Å²) < 4.78 is 38.4. The fourth-order valence-electron chi connectivity index (χ4n) is 7.15. The summed E-state index contributed by atoms with van der Waals surface area (Å²) in [6, 6.07) is 7.03. The average Bonchev–Trinajstić information content (AvgIpc) is 3.01. The van der Waals surface area contributed by atoms with Crippen LogP contribution >= 0.6 is 0 Å². The molecule has 1 fully saturated rings. The Morgan fingerprint density at radius 1 is 0.906 bits per heavy atom. The third-order valence-corrected chi connectivity index (χ3v) is 10.6. The second kappa shape index (κ2) is 17.5. The quantitative estimate of drug-likeness (QED) is 0.192. The first kappa shape index (κ1) is 42.8. The van der Waals surface area contributed by atoms with Gasteiger partial charge in [0.1, 0.15) is 21.7 Å². The van der Waals surface area contributed by atoms with Crippen molar-refractivity contribution in [2.75, 3.05) is 32.7 Å². The van der Waals surface area contributed by atoms with Crippen LogP contribution in [-0.4, -0.2) is 95.4 Å². The fourth-order valence-corrected chi connectivity index (χ4v) is 7.83. The van der Waals surface area contributed by atoms with E-state index in [2.05, 4.69) is 0 Å². The van der Waals surface area contributed by atoms with Crippen molar-refractivity contribution in [3.05, 3.63) is 63.7 Å². The number of carboxylic acids is 4. The summed E-state index contributed by atoms with van der Waals surface area (Å²) >= 11 is 0. The molecule has 15 nitrogen and oxygen atoms in total. The van der Waals surface area contributed by atoms with Crippen LogP contribution in [0.25, 0.3) is 5.57 Å². The van der Waals surface area contributed by atoms with Crippen LogP contribution in [0.5, 0.6) is 5.75 Å². The van der Waals surface area contributed by atoms with Crippen LogP contribution < -0.4 is 15.3 Å². The SMILES string of the molecule is Cc1c(C(=C2CC(C(C)C)C(=O)C(CN(CC(=O)[O-])CC(=O)[O-])C2C)c2ccccc2S(=O)(=O)[O-])cc(C(C)C)c(O)c1CN(CC(=O)[O-])CC(=O)O. The Balaban J connectivity index is 2.54. The van der Waals surface area contributed by atoms with Gasteiger partial charge in [-0.05, 0) is 71.1 Å². The van der Waals surface area contributed by atoms with Crippen LogP contribution in [0.1, 0.15) is 74.8 Å². The molecule has 53 heavy (non-hydrogen) atoms. The Labute approximate surface area is 308 Å². The van der Waals surface area contributed by atoms with Gasteiger partial charge in [-0.3, -0.25) is 19.4 Å². The molecule has 0 spiro atoms. The number of Topliss-reactive ketones (excluding diaryl/α,β-unsaturated/α-hetero) is 1. The monoisotopic (exact) mass is 756 g/mol. The lowest BCUT2D eigenvalue weighted by atomic mass is 9.65. The molecule has 0 aromatic heterocycles. The van der Waals surface area contributed by atoms with E-state index in [1.54, 1.807) is 47.6 Å². The molecule has 1 aliphatic carbocycles. The fraction of sp³-hybridized carbons (Fsp3) is 0.486. The predicted octanol–water partition coefficient (Wildman–Crippen LogP) is -0.534. The maximum atomic E-state index is 14.1. The normalized spacial score (nSPS) is 18.9. The second-order valence-corrected chi connectivity index (χ2v) is 15.5. The van der Waals surface area contributed by atoms with E-state index in [9.17, 15) is 62.5 Å². The third kappa shape index (κ3) is 10.5. The topological polar surface area (TPSA) is 259 Å². The van der Waals surface area contributed by atoms with Gasteiger partial charge in [0.25, 0.3) is 0 Å². The molecule has 3 atom stereocenters. The number of carbonyl (C=O) groups excluding carboxylic acids is 4. The molecule has 0 bridgehead atoms. The van der Waals surface area contributed by atoms with Gasteiger partial charge in [-0.2, -0.15) is 0 Å². The van der Waals surface area contributed by atoms with Gasteiger partial charge in [0, 0.05) is 50.1 Å². The molecule has 2 aromatic rings.